The number of carbonyl (C=O) groups excluding carboxylic acids is 1. The highest BCUT2D eigenvalue weighted by Gasteiger charge is 2.44. The molecule has 1 saturated carbocycles. The zero-order valence-electron chi connectivity index (χ0n) is 10.5. The van der Waals surface area contributed by atoms with Crippen LogP contribution in [0.1, 0.15) is 18.4 Å². The van der Waals surface area contributed by atoms with Gasteiger partial charge in [0.25, 0.3) is 0 Å². The van der Waals surface area contributed by atoms with Crippen LogP contribution in [0.25, 0.3) is 0 Å². The van der Waals surface area contributed by atoms with Crippen LogP contribution >= 0.6 is 0 Å². The van der Waals surface area contributed by atoms with E-state index in [-0.39, 0.29) is 11.9 Å². The minimum Gasteiger partial charge on any atom is -0.461 e. The Balaban J connectivity index is 1.59. The van der Waals surface area contributed by atoms with Gasteiger partial charge in [-0.25, -0.2) is 0 Å². The molecule has 2 bridgehead atoms. The van der Waals surface area contributed by atoms with E-state index < -0.39 is 0 Å². The molecule has 1 unspecified atom stereocenters. The van der Waals surface area contributed by atoms with Crippen molar-refractivity contribution in [2.24, 2.45) is 17.8 Å². The van der Waals surface area contributed by atoms with Crippen molar-refractivity contribution in [1.82, 2.24) is 5.32 Å². The summed E-state index contributed by atoms with van der Waals surface area (Å²) in [7, 11) is 0. The minimum atomic E-state index is 0.00727. The molecule has 1 aromatic rings. The van der Waals surface area contributed by atoms with Crippen molar-refractivity contribution in [3.63, 3.8) is 0 Å². The Kier molecular flexibility index (Phi) is 3.33. The molecule has 3 rings (SSSR count). The molecule has 18 heavy (non-hydrogen) atoms. The van der Waals surface area contributed by atoms with E-state index in [4.69, 9.17) is 4.74 Å². The number of nitrogens with one attached hydrogen (secondary N) is 1. The lowest BCUT2D eigenvalue weighted by molar-refractivity contribution is -0.153. The summed E-state index contributed by atoms with van der Waals surface area (Å²) in [6.45, 7) is 2.35. The van der Waals surface area contributed by atoms with Crippen LogP contribution in [0.2, 0.25) is 0 Å². The third-order valence-electron chi connectivity index (χ3n) is 4.23. The van der Waals surface area contributed by atoms with Crippen LogP contribution < -0.4 is 5.32 Å². The lowest BCUT2D eigenvalue weighted by Gasteiger charge is -2.28. The number of fused-ring (bicyclic) bond motifs is 2. The van der Waals surface area contributed by atoms with Crippen molar-refractivity contribution in [3.05, 3.63) is 35.9 Å². The number of piperidine rings is 1. The Bertz CT molecular complexity index is 402. The summed E-state index contributed by atoms with van der Waals surface area (Å²) in [6, 6.07) is 9.89. The summed E-state index contributed by atoms with van der Waals surface area (Å²) in [5.41, 5.74) is 1.06. The zero-order valence-corrected chi connectivity index (χ0v) is 10.5. The number of hydrogen-bond donors (Lipinski definition) is 1. The zero-order chi connectivity index (χ0) is 12.4. The molecule has 3 heteroatoms. The second kappa shape index (κ2) is 5.11. The quantitative estimate of drug-likeness (QED) is 0.827. The second-order valence-electron chi connectivity index (χ2n) is 5.37. The van der Waals surface area contributed by atoms with Crippen molar-refractivity contribution >= 4 is 5.97 Å². The molecule has 1 aliphatic carbocycles. The van der Waals surface area contributed by atoms with E-state index in [1.165, 1.54) is 12.8 Å². The summed E-state index contributed by atoms with van der Waals surface area (Å²) in [4.78, 5) is 12.2. The molecule has 3 atom stereocenters. The molecule has 1 aliphatic heterocycles. The van der Waals surface area contributed by atoms with Gasteiger partial charge in [-0.3, -0.25) is 4.79 Å². The number of benzene rings is 1. The van der Waals surface area contributed by atoms with Gasteiger partial charge in [-0.05, 0) is 43.3 Å². The smallest absolute Gasteiger partial charge is 0.309 e. The van der Waals surface area contributed by atoms with Gasteiger partial charge >= 0.3 is 5.97 Å². The van der Waals surface area contributed by atoms with Gasteiger partial charge in [-0.1, -0.05) is 30.3 Å². The SMILES string of the molecule is O=C(OCc1ccccc1)C1[C@@H]2CC[C@H]1CNC2. The Labute approximate surface area is 108 Å². The monoisotopic (exact) mass is 245 g/mol. The molecule has 0 spiro atoms. The van der Waals surface area contributed by atoms with Gasteiger partial charge in [0.1, 0.15) is 6.61 Å². The maximum atomic E-state index is 12.2. The van der Waals surface area contributed by atoms with Gasteiger partial charge in [-0.2, -0.15) is 0 Å². The summed E-state index contributed by atoms with van der Waals surface area (Å²) >= 11 is 0. The molecule has 0 aromatic heterocycles. The van der Waals surface area contributed by atoms with E-state index in [1.807, 2.05) is 30.3 Å². The van der Waals surface area contributed by atoms with E-state index in [1.54, 1.807) is 0 Å². The predicted molar refractivity (Wildman–Crippen MR) is 68.8 cm³/mol. The first-order valence-electron chi connectivity index (χ1n) is 6.76. The first-order chi connectivity index (χ1) is 8.84. The van der Waals surface area contributed by atoms with Crippen molar-refractivity contribution < 1.29 is 9.53 Å². The van der Waals surface area contributed by atoms with Gasteiger partial charge in [-0.15, -0.1) is 0 Å². The number of carbonyl (C=O) groups is 1. The highest BCUT2D eigenvalue weighted by molar-refractivity contribution is 5.74. The van der Waals surface area contributed by atoms with E-state index in [2.05, 4.69) is 5.32 Å². The summed E-state index contributed by atoms with van der Waals surface area (Å²) in [6.07, 6.45) is 2.34. The van der Waals surface area contributed by atoms with Gasteiger partial charge in [0.15, 0.2) is 0 Å². The summed E-state index contributed by atoms with van der Waals surface area (Å²) in [5.74, 6) is 1.13. The maximum Gasteiger partial charge on any atom is 0.309 e. The van der Waals surface area contributed by atoms with Crippen LogP contribution in [0.15, 0.2) is 30.3 Å². The van der Waals surface area contributed by atoms with Crippen molar-refractivity contribution in [2.75, 3.05) is 13.1 Å². The molecule has 1 N–H and O–H groups in total. The molecule has 3 nitrogen and oxygen atoms in total. The molecule has 2 fully saturated rings. The van der Waals surface area contributed by atoms with Gasteiger partial charge in [0.05, 0.1) is 5.92 Å². The molecule has 1 aromatic carbocycles. The first kappa shape index (κ1) is 11.7. The highest BCUT2D eigenvalue weighted by atomic mass is 16.5. The Morgan fingerprint density at radius 3 is 2.50 bits per heavy atom. The minimum absolute atomic E-state index is 0.00727. The maximum absolute atomic E-state index is 12.2. The number of hydrogen-bond acceptors (Lipinski definition) is 3. The fourth-order valence-corrected chi connectivity index (χ4v) is 3.29. The largest absolute Gasteiger partial charge is 0.461 e. The Morgan fingerprint density at radius 2 is 1.83 bits per heavy atom. The fraction of sp³-hybridized carbons (Fsp3) is 0.533. The summed E-state index contributed by atoms with van der Waals surface area (Å²) in [5, 5.41) is 3.40. The number of rotatable bonds is 3. The molecule has 96 valence electrons. The average molecular weight is 245 g/mol. The van der Waals surface area contributed by atoms with Crippen LogP contribution in [0.5, 0.6) is 0 Å². The van der Waals surface area contributed by atoms with E-state index in [0.29, 0.717) is 18.4 Å². The third kappa shape index (κ3) is 2.27. The molecule has 1 heterocycles. The van der Waals surface area contributed by atoms with E-state index in [9.17, 15) is 4.79 Å². The standard InChI is InChI=1S/C15H19NO2/c17-15(18-10-11-4-2-1-3-5-11)14-12-6-7-13(14)9-16-8-12/h1-5,12-14,16H,6-10H2/t12-,13+,14?. The predicted octanol–water partition coefficient (Wildman–Crippen LogP) is 1.98. The van der Waals surface area contributed by atoms with Gasteiger partial charge in [0, 0.05) is 0 Å². The molecular weight excluding hydrogens is 226 g/mol. The topological polar surface area (TPSA) is 38.3 Å². The molecule has 0 amide bonds. The molecular formula is C15H19NO2. The van der Waals surface area contributed by atoms with Gasteiger partial charge < -0.3 is 10.1 Å². The van der Waals surface area contributed by atoms with Crippen LogP contribution in [0.3, 0.4) is 0 Å². The number of ether oxygens (including phenoxy) is 1. The van der Waals surface area contributed by atoms with Crippen molar-refractivity contribution in [1.29, 1.82) is 0 Å². The lowest BCUT2D eigenvalue weighted by atomic mass is 9.86. The van der Waals surface area contributed by atoms with Crippen molar-refractivity contribution in [2.45, 2.75) is 19.4 Å². The van der Waals surface area contributed by atoms with Crippen LogP contribution in [-0.2, 0) is 16.1 Å². The lowest BCUT2D eigenvalue weighted by Crippen LogP contribution is -2.42. The van der Waals surface area contributed by atoms with Crippen LogP contribution in [0.4, 0.5) is 0 Å². The van der Waals surface area contributed by atoms with Crippen LogP contribution in [0, 0.1) is 17.8 Å². The Hall–Kier alpha value is -1.35. The van der Waals surface area contributed by atoms with Crippen molar-refractivity contribution in [3.8, 4) is 0 Å². The Morgan fingerprint density at radius 1 is 1.17 bits per heavy atom. The van der Waals surface area contributed by atoms with E-state index in [0.717, 1.165) is 18.7 Å². The summed E-state index contributed by atoms with van der Waals surface area (Å²) < 4.78 is 5.48. The molecule has 2 aliphatic rings. The first-order valence-corrected chi connectivity index (χ1v) is 6.76. The second-order valence-corrected chi connectivity index (χ2v) is 5.37. The average Bonchev–Trinajstić information content (AvgIpc) is 2.67. The molecule has 1 saturated heterocycles. The number of esters is 1. The third-order valence-corrected chi connectivity index (χ3v) is 4.23. The highest BCUT2D eigenvalue weighted by Crippen LogP contribution is 2.39. The fourth-order valence-electron chi connectivity index (χ4n) is 3.29. The van der Waals surface area contributed by atoms with E-state index >= 15 is 0 Å². The molecule has 0 radical (unpaired) electrons. The van der Waals surface area contributed by atoms with Crippen LogP contribution in [-0.4, -0.2) is 19.1 Å². The normalized spacial score (nSPS) is 30.1. The van der Waals surface area contributed by atoms with Gasteiger partial charge in [0.2, 0.25) is 0 Å².